The lowest BCUT2D eigenvalue weighted by molar-refractivity contribution is -0.174. The molecule has 16 heavy (non-hydrogen) atoms. The fraction of sp³-hybridized carbons (Fsp3) is 0.500. The third kappa shape index (κ3) is 2.94. The Labute approximate surface area is 89.8 Å². The number of carboxylic acid groups (broad SMARTS) is 2. The van der Waals surface area contributed by atoms with E-state index < -0.39 is 35.7 Å². The van der Waals surface area contributed by atoms with Gasteiger partial charge >= 0.3 is 23.9 Å². The topological polar surface area (TPSA) is 127 Å². The van der Waals surface area contributed by atoms with Gasteiger partial charge in [0.2, 0.25) is 0 Å². The van der Waals surface area contributed by atoms with Crippen LogP contribution in [0.15, 0.2) is 0 Å². The number of carboxylic acids is 2. The van der Waals surface area contributed by atoms with Crippen LogP contribution in [0.1, 0.15) is 0 Å². The van der Waals surface area contributed by atoms with Crippen LogP contribution in [0, 0.1) is 11.8 Å². The van der Waals surface area contributed by atoms with Gasteiger partial charge in [0.15, 0.2) is 11.8 Å². The van der Waals surface area contributed by atoms with Crippen molar-refractivity contribution in [1.29, 1.82) is 0 Å². The zero-order valence-electron chi connectivity index (χ0n) is 8.50. The first-order chi connectivity index (χ1) is 7.36. The Morgan fingerprint density at radius 3 is 1.19 bits per heavy atom. The highest BCUT2D eigenvalue weighted by atomic mass is 16.5. The van der Waals surface area contributed by atoms with E-state index in [4.69, 9.17) is 10.2 Å². The summed E-state index contributed by atoms with van der Waals surface area (Å²) >= 11 is 0. The molecule has 0 amide bonds. The molecule has 8 heteroatoms. The van der Waals surface area contributed by atoms with E-state index in [0.717, 1.165) is 14.2 Å². The quantitative estimate of drug-likeness (QED) is 0.445. The second kappa shape index (κ2) is 5.69. The molecule has 0 radical (unpaired) electrons. The smallest absolute Gasteiger partial charge is 0.321 e. The lowest BCUT2D eigenvalue weighted by atomic mass is 9.92. The number of carbonyl (C=O) groups is 4. The van der Waals surface area contributed by atoms with E-state index in [1.54, 1.807) is 0 Å². The molecule has 0 bridgehead atoms. The van der Waals surface area contributed by atoms with E-state index in [2.05, 4.69) is 9.47 Å². The SMILES string of the molecule is COC(=O)[C@@H](C(=O)O)[C@H](C(=O)O)C(=O)OC. The van der Waals surface area contributed by atoms with E-state index in [1.807, 2.05) is 0 Å². The number of methoxy groups -OCH3 is 2. The summed E-state index contributed by atoms with van der Waals surface area (Å²) < 4.78 is 8.22. The first-order valence-electron chi connectivity index (χ1n) is 3.98. The normalized spacial score (nSPS) is 13.4. The molecule has 0 aromatic heterocycles. The van der Waals surface area contributed by atoms with Crippen LogP contribution in [0.25, 0.3) is 0 Å². The molecule has 0 aromatic carbocycles. The van der Waals surface area contributed by atoms with Crippen molar-refractivity contribution < 1.29 is 38.9 Å². The van der Waals surface area contributed by atoms with Gasteiger partial charge in [-0.15, -0.1) is 0 Å². The fourth-order valence-electron chi connectivity index (χ4n) is 1.01. The van der Waals surface area contributed by atoms with E-state index >= 15 is 0 Å². The van der Waals surface area contributed by atoms with Crippen molar-refractivity contribution in [2.24, 2.45) is 11.8 Å². The second-order valence-corrected chi connectivity index (χ2v) is 2.68. The molecule has 0 saturated heterocycles. The first kappa shape index (κ1) is 13.9. The van der Waals surface area contributed by atoms with Crippen molar-refractivity contribution in [3.8, 4) is 0 Å². The Balaban J connectivity index is 5.27. The van der Waals surface area contributed by atoms with Crippen molar-refractivity contribution in [2.75, 3.05) is 14.2 Å². The fourth-order valence-corrected chi connectivity index (χ4v) is 1.01. The lowest BCUT2D eigenvalue weighted by Gasteiger charge is -2.15. The van der Waals surface area contributed by atoms with Crippen LogP contribution >= 0.6 is 0 Å². The summed E-state index contributed by atoms with van der Waals surface area (Å²) in [6.07, 6.45) is 0. The minimum absolute atomic E-state index is 0.883. The molecule has 0 rings (SSSR count). The van der Waals surface area contributed by atoms with Crippen LogP contribution < -0.4 is 0 Å². The van der Waals surface area contributed by atoms with Gasteiger partial charge in [-0.1, -0.05) is 0 Å². The third-order valence-electron chi connectivity index (χ3n) is 1.78. The molecule has 2 atom stereocenters. The van der Waals surface area contributed by atoms with Crippen LogP contribution in [0.4, 0.5) is 0 Å². The third-order valence-corrected chi connectivity index (χ3v) is 1.78. The molecule has 0 aliphatic carbocycles. The summed E-state index contributed by atoms with van der Waals surface area (Å²) in [7, 11) is 1.77. The maximum Gasteiger partial charge on any atom is 0.321 e. The van der Waals surface area contributed by atoms with Gasteiger partial charge in [-0.25, -0.2) is 0 Å². The molecule has 0 aliphatic rings. The summed E-state index contributed by atoms with van der Waals surface area (Å²) in [6, 6.07) is 0. The standard InChI is InChI=1S/C8H10O8/c1-15-7(13)3(5(9)10)4(6(11)12)8(14)16-2/h3-4H,1-2H3,(H,9,10)(H,11,12)/t3-,4-/m1/s1. The van der Waals surface area contributed by atoms with Gasteiger partial charge in [0.1, 0.15) is 0 Å². The first-order valence-corrected chi connectivity index (χ1v) is 3.98. The highest BCUT2D eigenvalue weighted by molar-refractivity contribution is 6.06. The summed E-state index contributed by atoms with van der Waals surface area (Å²) in [5, 5.41) is 17.3. The number of aliphatic carboxylic acids is 2. The number of hydrogen-bond acceptors (Lipinski definition) is 6. The Morgan fingerprint density at radius 1 is 0.812 bits per heavy atom. The monoisotopic (exact) mass is 234 g/mol. The molecule has 0 unspecified atom stereocenters. The molecule has 0 heterocycles. The predicted octanol–water partition coefficient (Wildman–Crippen LogP) is -1.27. The Bertz CT molecular complexity index is 288. The Hall–Kier alpha value is -2.12. The van der Waals surface area contributed by atoms with Gasteiger partial charge in [-0.2, -0.15) is 0 Å². The largest absolute Gasteiger partial charge is 0.481 e. The lowest BCUT2D eigenvalue weighted by Crippen LogP contribution is -2.41. The van der Waals surface area contributed by atoms with Crippen molar-refractivity contribution in [3.05, 3.63) is 0 Å². The zero-order chi connectivity index (χ0) is 12.9. The number of carbonyl (C=O) groups excluding carboxylic acids is 2. The number of hydrogen-bond donors (Lipinski definition) is 2. The van der Waals surface area contributed by atoms with E-state index in [0.29, 0.717) is 0 Å². The second-order valence-electron chi connectivity index (χ2n) is 2.68. The van der Waals surface area contributed by atoms with Gasteiger partial charge in [-0.05, 0) is 0 Å². The van der Waals surface area contributed by atoms with Crippen LogP contribution in [0.5, 0.6) is 0 Å². The maximum absolute atomic E-state index is 11.0. The maximum atomic E-state index is 11.0. The highest BCUT2D eigenvalue weighted by Gasteiger charge is 2.46. The molecule has 8 nitrogen and oxygen atoms in total. The average Bonchev–Trinajstić information content (AvgIpc) is 2.22. The van der Waals surface area contributed by atoms with Crippen molar-refractivity contribution >= 4 is 23.9 Å². The van der Waals surface area contributed by atoms with Gasteiger partial charge in [0, 0.05) is 0 Å². The van der Waals surface area contributed by atoms with Crippen LogP contribution in [-0.2, 0) is 28.7 Å². The molecule has 0 spiro atoms. The molecule has 0 aliphatic heterocycles. The average molecular weight is 234 g/mol. The van der Waals surface area contributed by atoms with E-state index in [1.165, 1.54) is 0 Å². The summed E-state index contributed by atoms with van der Waals surface area (Å²) in [5.41, 5.74) is 0. The minimum Gasteiger partial charge on any atom is -0.481 e. The van der Waals surface area contributed by atoms with E-state index in [9.17, 15) is 19.2 Å². The predicted molar refractivity (Wildman–Crippen MR) is 46.3 cm³/mol. The Kier molecular flexibility index (Phi) is 4.93. The summed E-state index contributed by atoms with van der Waals surface area (Å²) in [4.78, 5) is 43.5. The molecule has 0 saturated carbocycles. The van der Waals surface area contributed by atoms with Gasteiger partial charge in [0.25, 0.3) is 0 Å². The zero-order valence-corrected chi connectivity index (χ0v) is 8.50. The highest BCUT2D eigenvalue weighted by Crippen LogP contribution is 2.16. The van der Waals surface area contributed by atoms with Crippen LogP contribution in [-0.4, -0.2) is 48.3 Å². The van der Waals surface area contributed by atoms with Crippen molar-refractivity contribution in [1.82, 2.24) is 0 Å². The molecule has 2 N–H and O–H groups in total. The number of esters is 2. The van der Waals surface area contributed by atoms with Crippen molar-refractivity contribution in [2.45, 2.75) is 0 Å². The van der Waals surface area contributed by atoms with Gasteiger partial charge in [-0.3, -0.25) is 19.2 Å². The van der Waals surface area contributed by atoms with Crippen LogP contribution in [0.2, 0.25) is 0 Å². The molecular formula is C8H10O8. The van der Waals surface area contributed by atoms with Crippen molar-refractivity contribution in [3.63, 3.8) is 0 Å². The Morgan fingerprint density at radius 2 is 1.06 bits per heavy atom. The number of ether oxygens (including phenoxy) is 2. The molecule has 90 valence electrons. The molecule has 0 aromatic rings. The molecule has 0 fully saturated rings. The van der Waals surface area contributed by atoms with E-state index in [-0.39, 0.29) is 0 Å². The van der Waals surface area contributed by atoms with Crippen LogP contribution in [0.3, 0.4) is 0 Å². The summed E-state index contributed by atoms with van der Waals surface area (Å²) in [5.74, 6) is -10.5. The minimum atomic E-state index is -2.13. The number of rotatable bonds is 5. The van der Waals surface area contributed by atoms with Gasteiger partial charge in [0.05, 0.1) is 14.2 Å². The van der Waals surface area contributed by atoms with Gasteiger partial charge < -0.3 is 19.7 Å². The summed E-state index contributed by atoms with van der Waals surface area (Å²) in [6.45, 7) is 0. The molecular weight excluding hydrogens is 224 g/mol.